The van der Waals surface area contributed by atoms with Crippen LogP contribution in [0, 0.1) is 0 Å². The zero-order valence-corrected chi connectivity index (χ0v) is 25.7. The number of fused-ring (bicyclic) bond motifs is 1. The highest BCUT2D eigenvalue weighted by Gasteiger charge is 2.47. The summed E-state index contributed by atoms with van der Waals surface area (Å²) in [7, 11) is -13.1. The third-order valence-electron chi connectivity index (χ3n) is 5.04. The quantitative estimate of drug-likeness (QED) is 0.121. The molecule has 1 aliphatic heterocycles. The predicted octanol–water partition coefficient (Wildman–Crippen LogP) is -1.23. The molecule has 0 radical (unpaired) electrons. The van der Waals surface area contributed by atoms with Gasteiger partial charge >= 0.3 is 0 Å². The van der Waals surface area contributed by atoms with Crippen LogP contribution in [0.4, 0.5) is 5.82 Å². The van der Waals surface area contributed by atoms with Gasteiger partial charge in [0.2, 0.25) is 5.91 Å². The van der Waals surface area contributed by atoms with E-state index in [0.29, 0.717) is 6.54 Å². The van der Waals surface area contributed by atoms with Gasteiger partial charge in [-0.3, -0.25) is 23.1 Å². The maximum absolute atomic E-state index is 11.8. The van der Waals surface area contributed by atoms with Crippen molar-refractivity contribution in [2.45, 2.75) is 46.3 Å². The molecule has 1 aliphatic rings. The number of hydrogen-bond donors (Lipinski definition) is 5. The number of likely N-dealkylation sites (N-methyl/N-ethyl adjacent to an activating group) is 1. The lowest BCUT2D eigenvalue weighted by molar-refractivity contribution is -0.250. The number of phosphoric ester groups is 1. The zero-order chi connectivity index (χ0) is 31.0. The number of methoxy groups -OCH3 is 2. The summed E-state index contributed by atoms with van der Waals surface area (Å²) in [5.74, 6) is 0.133. The molecule has 3 rings (SSSR count). The van der Waals surface area contributed by atoms with Crippen LogP contribution in [0.15, 0.2) is 12.7 Å². The Hall–Kier alpha value is -1.97. The van der Waals surface area contributed by atoms with Gasteiger partial charge in [0.25, 0.3) is 23.5 Å². The van der Waals surface area contributed by atoms with E-state index >= 15 is 0 Å². The minimum atomic E-state index is -6.03. The number of nitrogens with two attached hydrogens (primary N) is 1. The average Bonchev–Trinajstić information content (AvgIpc) is 3.42. The molecule has 2 aromatic heterocycles. The number of nitrogens with one attached hydrogen (secondary N) is 2. The van der Waals surface area contributed by atoms with Crippen molar-refractivity contribution in [1.29, 1.82) is 0 Å². The highest BCUT2D eigenvalue weighted by molar-refractivity contribution is 7.65. The lowest BCUT2D eigenvalue weighted by Crippen LogP contribution is -2.37. The van der Waals surface area contributed by atoms with Crippen LogP contribution in [0.3, 0.4) is 0 Å². The zero-order valence-electron chi connectivity index (χ0n) is 23.0. The van der Waals surface area contributed by atoms with Crippen molar-refractivity contribution in [1.82, 2.24) is 36.3 Å². The topological polar surface area (TPSA) is 343 Å². The monoisotopic (exact) mass is 698 g/mol. The van der Waals surface area contributed by atoms with Crippen LogP contribution in [0.1, 0.15) is 28.0 Å². The van der Waals surface area contributed by atoms with Crippen molar-refractivity contribution >= 4 is 46.4 Å². The molecule has 9 N–H and O–H groups in total. The van der Waals surface area contributed by atoms with Crippen LogP contribution in [-0.2, 0) is 45.8 Å². The number of nitrogen functional groups attached to an aromatic ring is 1. The number of carbonyl (C=O) groups is 1. The highest BCUT2D eigenvalue weighted by Crippen LogP contribution is 2.61. The largest absolute Gasteiger partial charge is 0.756 e. The second-order valence-corrected chi connectivity index (χ2v) is 12.2. The number of imidazole rings is 1. The van der Waals surface area contributed by atoms with Crippen molar-refractivity contribution in [3.05, 3.63) is 12.7 Å². The third-order valence-corrected chi connectivity index (χ3v) is 8.73. The second-order valence-electron chi connectivity index (χ2n) is 7.96. The van der Waals surface area contributed by atoms with Gasteiger partial charge in [0.15, 0.2) is 17.7 Å². The number of anilines is 1. The number of quaternary nitrogens is 1. The summed E-state index contributed by atoms with van der Waals surface area (Å²) in [6.07, 6.45) is -1.38. The first-order valence-corrected chi connectivity index (χ1v) is 15.7. The molecule has 3 heterocycles. The van der Waals surface area contributed by atoms with Crippen molar-refractivity contribution in [2.75, 3.05) is 46.7 Å². The van der Waals surface area contributed by atoms with Crippen LogP contribution < -0.4 is 37.2 Å². The Morgan fingerprint density at radius 2 is 1.68 bits per heavy atom. The first kappa shape index (κ1) is 44.2. The molecule has 0 aliphatic carbocycles. The highest BCUT2D eigenvalue weighted by atomic mass is 31.3. The number of phosphoric acid groups is 3. The lowest BCUT2D eigenvalue weighted by Gasteiger charge is -2.33. The summed E-state index contributed by atoms with van der Waals surface area (Å²) in [5.41, 5.74) is 6.31. The summed E-state index contributed by atoms with van der Waals surface area (Å²) in [5, 5.41) is 5.55. The molecule has 2 aromatic rings. The van der Waals surface area contributed by atoms with Gasteiger partial charge < -0.3 is 60.8 Å². The third kappa shape index (κ3) is 13.2. The van der Waals surface area contributed by atoms with Gasteiger partial charge in [-0.15, -0.1) is 0 Å². The Labute approximate surface area is 254 Å². The molecular weight excluding hydrogens is 657 g/mol. The van der Waals surface area contributed by atoms with Gasteiger partial charge in [0, 0.05) is 34.2 Å². The van der Waals surface area contributed by atoms with E-state index in [1.54, 1.807) is 0 Å². The van der Waals surface area contributed by atoms with E-state index in [0.717, 1.165) is 6.54 Å². The number of amides is 1. The molecule has 4 unspecified atom stereocenters. The molecule has 1 saturated heterocycles. The predicted molar refractivity (Wildman–Crippen MR) is 150 cm³/mol. The maximum Gasteiger partial charge on any atom is 0.280 e. The first-order chi connectivity index (χ1) is 19.0. The number of rotatable bonds is 13. The number of ether oxygens (including phenoxy) is 3. The normalized spacial score (nSPS) is 23.3. The van der Waals surface area contributed by atoms with E-state index in [2.05, 4.69) is 38.7 Å². The SMILES string of the molecule is C.C.CNCCNC(C)=O.COC1[C@@H](COP(=O)([O-])OP(=O)([O-])OP(=O)([O-])O)O[C@@H](n2cnc3c(N)ncnc32)[C@H]1OC.[NH4+]. The Morgan fingerprint density at radius 3 is 2.20 bits per heavy atom. The molecule has 258 valence electrons. The van der Waals surface area contributed by atoms with E-state index in [4.69, 9.17) is 24.8 Å². The Morgan fingerprint density at radius 1 is 1.07 bits per heavy atom. The Balaban J connectivity index is 0. The summed E-state index contributed by atoms with van der Waals surface area (Å²) in [4.78, 5) is 64.3. The van der Waals surface area contributed by atoms with Crippen LogP contribution >= 0.6 is 23.5 Å². The fourth-order valence-corrected chi connectivity index (χ4v) is 6.37. The first-order valence-electron chi connectivity index (χ1n) is 11.3. The van der Waals surface area contributed by atoms with Gasteiger partial charge in [-0.1, -0.05) is 14.9 Å². The van der Waals surface area contributed by atoms with Crippen molar-refractivity contribution in [2.24, 2.45) is 0 Å². The minimum Gasteiger partial charge on any atom is -0.756 e. The summed E-state index contributed by atoms with van der Waals surface area (Å²) < 4.78 is 62.9. The molecule has 44 heavy (non-hydrogen) atoms. The molecule has 25 heteroatoms. The summed E-state index contributed by atoms with van der Waals surface area (Å²) in [6, 6.07) is 0. The molecule has 7 atom stereocenters. The molecule has 1 amide bonds. The van der Waals surface area contributed by atoms with E-state index in [1.165, 1.54) is 38.4 Å². The lowest BCUT2D eigenvalue weighted by atomic mass is 10.1. The van der Waals surface area contributed by atoms with E-state index in [9.17, 15) is 33.2 Å². The Kier molecular flexibility index (Phi) is 18.9. The van der Waals surface area contributed by atoms with Gasteiger partial charge in [0.05, 0.1) is 12.9 Å². The molecule has 22 nitrogen and oxygen atoms in total. The molecule has 1 fully saturated rings. The molecule has 0 aromatic carbocycles. The summed E-state index contributed by atoms with van der Waals surface area (Å²) >= 11 is 0. The van der Waals surface area contributed by atoms with E-state index in [1.807, 2.05) is 7.05 Å². The van der Waals surface area contributed by atoms with Crippen LogP contribution in [0.2, 0.25) is 0 Å². The van der Waals surface area contributed by atoms with Crippen LogP contribution in [-0.4, -0.2) is 89.6 Å². The maximum atomic E-state index is 11.8. The number of carbonyl (C=O) groups excluding carboxylic acids is 1. The molecule has 0 bridgehead atoms. The van der Waals surface area contributed by atoms with E-state index in [-0.39, 0.29) is 43.9 Å². The molecule has 0 spiro atoms. The van der Waals surface area contributed by atoms with Crippen molar-refractivity contribution < 1.29 is 65.4 Å². The Bertz CT molecular complexity index is 1310. The molecule has 0 saturated carbocycles. The van der Waals surface area contributed by atoms with Gasteiger partial charge in [-0.25, -0.2) is 23.6 Å². The van der Waals surface area contributed by atoms with Gasteiger partial charge in [-0.05, 0) is 7.05 Å². The average molecular weight is 699 g/mol. The van der Waals surface area contributed by atoms with Gasteiger partial charge in [0.1, 0.15) is 30.2 Å². The van der Waals surface area contributed by atoms with E-state index < -0.39 is 54.6 Å². The van der Waals surface area contributed by atoms with Crippen LogP contribution in [0.25, 0.3) is 11.2 Å². The summed E-state index contributed by atoms with van der Waals surface area (Å²) in [6.45, 7) is 2.22. The minimum absolute atomic E-state index is 0. The smallest absolute Gasteiger partial charge is 0.280 e. The standard InChI is InChI=1S/C12H20N5O13P3.C5H12N2O.2CH4.H3N/c1-25-8-6(3-27-32(21,22)30-33(23,24)29-31(18,19)20)28-12(9(8)26-2)17-5-16-7-10(13)14-4-15-11(7)17;1-5(8)7-4-3-6-2;;;/h4-6,8-9,12H,3H2,1-2H3,(H,21,22)(H,23,24)(H2,13,14,15)(H2,18,19,20);6H,3-4H2,1-2H3,(H,7,8);2*1H4;1H3/p-2/t6-,8?,9+,12-;;;;/m1..../s1. The fraction of sp³-hybridized carbons (Fsp3) is 0.684. The second kappa shape index (κ2) is 18.9. The fourth-order valence-electron chi connectivity index (χ4n) is 3.47. The number of aromatic nitrogens is 4. The number of nitrogens with zero attached hydrogens (tertiary/aromatic N) is 4. The van der Waals surface area contributed by atoms with Crippen molar-refractivity contribution in [3.8, 4) is 0 Å². The number of hydrogen-bond acceptors (Lipinski definition) is 18. The van der Waals surface area contributed by atoms with Crippen molar-refractivity contribution in [3.63, 3.8) is 0 Å². The molecular formula is C19H41N8O14P3-2. The van der Waals surface area contributed by atoms with Crippen LogP contribution in [0.5, 0.6) is 0 Å². The van der Waals surface area contributed by atoms with Gasteiger partial charge in [-0.2, -0.15) is 0 Å².